The summed E-state index contributed by atoms with van der Waals surface area (Å²) in [6, 6.07) is 1.36. The van der Waals surface area contributed by atoms with Gasteiger partial charge in [-0.25, -0.2) is 9.37 Å². The summed E-state index contributed by atoms with van der Waals surface area (Å²) in [7, 11) is 0. The van der Waals surface area contributed by atoms with Crippen LogP contribution in [0.1, 0.15) is 6.92 Å². The van der Waals surface area contributed by atoms with Crippen LogP contribution in [-0.4, -0.2) is 47.1 Å². The van der Waals surface area contributed by atoms with E-state index in [4.69, 9.17) is 29.6 Å². The third kappa shape index (κ3) is 3.32. The van der Waals surface area contributed by atoms with E-state index in [-0.39, 0.29) is 11.9 Å². The lowest BCUT2D eigenvalue weighted by molar-refractivity contribution is 0.238. The van der Waals surface area contributed by atoms with E-state index in [0.717, 1.165) is 13.1 Å². The van der Waals surface area contributed by atoms with Crippen molar-refractivity contribution in [1.29, 1.82) is 0 Å². The van der Waals surface area contributed by atoms with E-state index in [1.54, 1.807) is 0 Å². The minimum absolute atomic E-state index is 0.0696. The van der Waals surface area contributed by atoms with Crippen molar-refractivity contribution >= 4 is 34.6 Å². The molecule has 0 amide bonds. The minimum atomic E-state index is -0.386. The van der Waals surface area contributed by atoms with Crippen molar-refractivity contribution < 1.29 is 4.39 Å². The molecule has 2 N–H and O–H groups in total. The quantitative estimate of drug-likeness (QED) is 0.861. The highest BCUT2D eigenvalue weighted by atomic mass is 35.5. The van der Waals surface area contributed by atoms with Crippen molar-refractivity contribution in [2.24, 2.45) is 5.73 Å². The lowest BCUT2D eigenvalue weighted by atomic mass is 10.2. The van der Waals surface area contributed by atoms with Gasteiger partial charge in [0.1, 0.15) is 0 Å². The zero-order chi connectivity index (χ0) is 14.0. The predicted octanol–water partition coefficient (Wildman–Crippen LogP) is 1.67. The topological polar surface area (TPSA) is 45.4 Å². The number of nitrogens with zero attached hydrogens (tertiary/aromatic N) is 3. The second-order valence-electron chi connectivity index (χ2n) is 4.56. The number of nitrogens with two attached hydrogens (primary N) is 1. The van der Waals surface area contributed by atoms with Crippen LogP contribution in [0.25, 0.3) is 0 Å². The fraction of sp³-hybridized carbons (Fsp3) is 0.500. The molecule has 0 bridgehead atoms. The van der Waals surface area contributed by atoms with Gasteiger partial charge < -0.3 is 10.6 Å². The number of anilines is 1. The number of piperazine rings is 1. The summed E-state index contributed by atoms with van der Waals surface area (Å²) in [6.07, 6.45) is 1.46. The Balaban J connectivity index is 2.02. The van der Waals surface area contributed by atoms with Gasteiger partial charge in [0.15, 0.2) is 11.6 Å². The first-order valence-corrected chi connectivity index (χ1v) is 6.87. The Bertz CT molecular complexity index is 477. The Labute approximate surface area is 122 Å². The highest BCUT2D eigenvalue weighted by Crippen LogP contribution is 2.21. The minimum Gasteiger partial charge on any atom is -0.392 e. The third-order valence-corrected chi connectivity index (χ3v) is 3.91. The molecule has 1 atom stereocenters. The molecule has 104 valence electrons. The van der Waals surface area contributed by atoms with Crippen LogP contribution in [0.2, 0.25) is 5.02 Å². The van der Waals surface area contributed by atoms with Gasteiger partial charge in [0.25, 0.3) is 0 Å². The molecule has 0 spiro atoms. The largest absolute Gasteiger partial charge is 0.392 e. The summed E-state index contributed by atoms with van der Waals surface area (Å²) in [4.78, 5) is 8.64. The van der Waals surface area contributed by atoms with Gasteiger partial charge in [-0.2, -0.15) is 0 Å². The maximum atomic E-state index is 13.8. The van der Waals surface area contributed by atoms with Crippen LogP contribution in [0.5, 0.6) is 0 Å². The molecule has 0 aliphatic carbocycles. The SMILES string of the molecule is CC(C(N)=S)N1CCN(c2ncc(Cl)cc2F)CC1. The van der Waals surface area contributed by atoms with Gasteiger partial charge in [-0.3, -0.25) is 4.90 Å². The standard InChI is InChI=1S/C12H16ClFN4S/c1-8(11(15)19)17-2-4-18(5-3-17)12-10(14)6-9(13)7-16-12/h6-8H,2-5H2,1H3,(H2,15,19). The average molecular weight is 303 g/mol. The van der Waals surface area contributed by atoms with Gasteiger partial charge in [-0.05, 0) is 13.0 Å². The lowest BCUT2D eigenvalue weighted by Crippen LogP contribution is -2.53. The smallest absolute Gasteiger partial charge is 0.167 e. The summed E-state index contributed by atoms with van der Waals surface area (Å²) in [5.74, 6) is -0.0321. The van der Waals surface area contributed by atoms with Gasteiger partial charge in [-0.1, -0.05) is 23.8 Å². The van der Waals surface area contributed by atoms with Crippen molar-refractivity contribution in [1.82, 2.24) is 9.88 Å². The fourth-order valence-electron chi connectivity index (χ4n) is 2.14. The maximum Gasteiger partial charge on any atom is 0.167 e. The van der Waals surface area contributed by atoms with Crippen LogP contribution in [0, 0.1) is 5.82 Å². The van der Waals surface area contributed by atoms with Crippen molar-refractivity contribution in [3.05, 3.63) is 23.1 Å². The summed E-state index contributed by atoms with van der Waals surface area (Å²) in [5.41, 5.74) is 5.64. The molecule has 1 unspecified atom stereocenters. The zero-order valence-electron chi connectivity index (χ0n) is 10.6. The molecule has 1 aliphatic rings. The molecule has 7 heteroatoms. The Morgan fingerprint density at radius 2 is 2.11 bits per heavy atom. The number of rotatable bonds is 3. The molecule has 1 aromatic heterocycles. The number of hydrogen-bond donors (Lipinski definition) is 1. The molecule has 0 saturated carbocycles. The van der Waals surface area contributed by atoms with Gasteiger partial charge >= 0.3 is 0 Å². The fourth-order valence-corrected chi connectivity index (χ4v) is 2.43. The molecule has 2 heterocycles. The molecule has 0 radical (unpaired) electrons. The Morgan fingerprint density at radius 1 is 1.47 bits per heavy atom. The van der Waals surface area contributed by atoms with E-state index < -0.39 is 0 Å². The molecule has 0 aromatic carbocycles. The molecular weight excluding hydrogens is 287 g/mol. The Morgan fingerprint density at radius 3 is 2.63 bits per heavy atom. The van der Waals surface area contributed by atoms with E-state index in [1.807, 2.05) is 11.8 Å². The van der Waals surface area contributed by atoms with E-state index in [9.17, 15) is 4.39 Å². The number of hydrogen-bond acceptors (Lipinski definition) is 4. The lowest BCUT2D eigenvalue weighted by Gasteiger charge is -2.38. The van der Waals surface area contributed by atoms with Crippen LogP contribution in [0.4, 0.5) is 10.2 Å². The number of halogens is 2. The molecule has 2 rings (SSSR count). The molecular formula is C12H16ClFN4S. The predicted molar refractivity (Wildman–Crippen MR) is 79.2 cm³/mol. The van der Waals surface area contributed by atoms with Crippen LogP contribution in [-0.2, 0) is 0 Å². The zero-order valence-corrected chi connectivity index (χ0v) is 12.2. The molecule has 1 saturated heterocycles. The van der Waals surface area contributed by atoms with E-state index in [1.165, 1.54) is 12.3 Å². The van der Waals surface area contributed by atoms with Crippen LogP contribution in [0.3, 0.4) is 0 Å². The highest BCUT2D eigenvalue weighted by Gasteiger charge is 2.24. The Kier molecular flexibility index (Phi) is 4.54. The van der Waals surface area contributed by atoms with E-state index >= 15 is 0 Å². The normalized spacial score (nSPS) is 18.4. The van der Waals surface area contributed by atoms with Gasteiger partial charge in [-0.15, -0.1) is 0 Å². The van der Waals surface area contributed by atoms with Crippen LogP contribution >= 0.6 is 23.8 Å². The van der Waals surface area contributed by atoms with Crippen LogP contribution in [0.15, 0.2) is 12.3 Å². The number of pyridine rings is 1. The maximum absolute atomic E-state index is 13.8. The second kappa shape index (κ2) is 5.98. The van der Waals surface area contributed by atoms with Crippen molar-refractivity contribution in [2.75, 3.05) is 31.1 Å². The molecule has 4 nitrogen and oxygen atoms in total. The highest BCUT2D eigenvalue weighted by molar-refractivity contribution is 7.80. The number of thiocarbonyl (C=S) groups is 1. The molecule has 1 aliphatic heterocycles. The third-order valence-electron chi connectivity index (χ3n) is 3.36. The summed E-state index contributed by atoms with van der Waals surface area (Å²) >= 11 is 10.7. The molecule has 19 heavy (non-hydrogen) atoms. The van der Waals surface area contributed by atoms with Gasteiger partial charge in [0.2, 0.25) is 0 Å². The van der Waals surface area contributed by atoms with Crippen molar-refractivity contribution in [3.63, 3.8) is 0 Å². The summed E-state index contributed by atoms with van der Waals surface area (Å²) < 4.78 is 13.8. The summed E-state index contributed by atoms with van der Waals surface area (Å²) in [5, 5.41) is 0.307. The first kappa shape index (κ1) is 14.4. The first-order valence-electron chi connectivity index (χ1n) is 6.08. The first-order chi connectivity index (χ1) is 8.99. The number of aromatic nitrogens is 1. The second-order valence-corrected chi connectivity index (χ2v) is 5.47. The van der Waals surface area contributed by atoms with Gasteiger partial charge in [0.05, 0.1) is 16.1 Å². The molecule has 1 fully saturated rings. The van der Waals surface area contributed by atoms with Crippen molar-refractivity contribution in [3.8, 4) is 0 Å². The van der Waals surface area contributed by atoms with Crippen molar-refractivity contribution in [2.45, 2.75) is 13.0 Å². The van der Waals surface area contributed by atoms with E-state index in [0.29, 0.717) is 28.9 Å². The van der Waals surface area contributed by atoms with Gasteiger partial charge in [0, 0.05) is 32.4 Å². The average Bonchev–Trinajstić information content (AvgIpc) is 2.38. The van der Waals surface area contributed by atoms with E-state index in [2.05, 4.69) is 9.88 Å². The monoisotopic (exact) mass is 302 g/mol. The van der Waals surface area contributed by atoms with Crippen LogP contribution < -0.4 is 10.6 Å². The molecule has 1 aromatic rings. The Hall–Kier alpha value is -0.980. The summed E-state index contributed by atoms with van der Waals surface area (Å²) in [6.45, 7) is 4.93.